The Morgan fingerprint density at radius 3 is 2.56 bits per heavy atom. The quantitative estimate of drug-likeness (QED) is 0.796. The van der Waals surface area contributed by atoms with Crippen molar-refractivity contribution in [2.24, 2.45) is 0 Å². The molecule has 1 fully saturated rings. The molecule has 0 unspecified atom stereocenters. The lowest BCUT2D eigenvalue weighted by Crippen LogP contribution is -2.13. The van der Waals surface area contributed by atoms with Gasteiger partial charge in [-0.15, -0.1) is 0 Å². The van der Waals surface area contributed by atoms with Crippen LogP contribution in [0.15, 0.2) is 41.3 Å². The number of aryl methyl sites for hydroxylation is 1. The zero-order chi connectivity index (χ0) is 18.2. The lowest BCUT2D eigenvalue weighted by atomic mass is 10.1. The second-order valence-electron chi connectivity index (χ2n) is 5.83. The molecule has 0 spiro atoms. The Morgan fingerprint density at radius 2 is 1.96 bits per heavy atom. The smallest absolute Gasteiger partial charge is 0.265 e. The third-order valence-electron chi connectivity index (χ3n) is 3.70. The number of benzene rings is 2. The zero-order valence-electron chi connectivity index (χ0n) is 13.3. The lowest BCUT2D eigenvalue weighted by molar-refractivity contribution is 0.102. The van der Waals surface area contributed by atoms with Crippen LogP contribution in [0.25, 0.3) is 0 Å². The summed E-state index contributed by atoms with van der Waals surface area (Å²) in [6.07, 6.45) is 1.70. The van der Waals surface area contributed by atoms with Gasteiger partial charge in [-0.1, -0.05) is 0 Å². The molecule has 0 radical (unpaired) electrons. The van der Waals surface area contributed by atoms with E-state index >= 15 is 0 Å². The summed E-state index contributed by atoms with van der Waals surface area (Å²) in [6.45, 7) is 1.58. The van der Waals surface area contributed by atoms with Crippen molar-refractivity contribution in [3.63, 3.8) is 0 Å². The van der Waals surface area contributed by atoms with Gasteiger partial charge in [0, 0.05) is 21.9 Å². The number of ether oxygens (including phenoxy) is 1. The van der Waals surface area contributed by atoms with Crippen LogP contribution in [-0.2, 0) is 9.05 Å². The standard InChI is InChI=1S/C17H15ClFNO4S/c1-10-8-12(3-6-14(10)19)20-17(21)11-2-7-15(24-13-4-5-13)16(9-11)25(18,22)23/h2-3,6-9,13H,4-5H2,1H3,(H,20,21). The molecule has 25 heavy (non-hydrogen) atoms. The van der Waals surface area contributed by atoms with Gasteiger partial charge in [-0.2, -0.15) is 0 Å². The highest BCUT2D eigenvalue weighted by molar-refractivity contribution is 8.13. The first-order valence-electron chi connectivity index (χ1n) is 7.57. The second-order valence-corrected chi connectivity index (χ2v) is 8.37. The Kier molecular flexibility index (Phi) is 4.71. The molecule has 0 saturated heterocycles. The first-order chi connectivity index (χ1) is 11.7. The maximum Gasteiger partial charge on any atom is 0.265 e. The molecule has 1 aliphatic rings. The van der Waals surface area contributed by atoms with Gasteiger partial charge in [0.2, 0.25) is 0 Å². The lowest BCUT2D eigenvalue weighted by Gasteiger charge is -2.11. The van der Waals surface area contributed by atoms with Crippen molar-refractivity contribution >= 4 is 31.3 Å². The Morgan fingerprint density at radius 1 is 1.24 bits per heavy atom. The molecule has 2 aromatic carbocycles. The van der Waals surface area contributed by atoms with Gasteiger partial charge in [0.1, 0.15) is 16.5 Å². The van der Waals surface area contributed by atoms with Crippen molar-refractivity contribution in [3.05, 3.63) is 53.3 Å². The molecule has 2 aromatic rings. The predicted octanol–water partition coefficient (Wildman–Crippen LogP) is 3.86. The summed E-state index contributed by atoms with van der Waals surface area (Å²) in [4.78, 5) is 12.1. The van der Waals surface area contributed by atoms with Crippen LogP contribution in [0.2, 0.25) is 0 Å². The van der Waals surface area contributed by atoms with E-state index in [0.717, 1.165) is 12.8 Å². The number of amides is 1. The van der Waals surface area contributed by atoms with Crippen LogP contribution in [0, 0.1) is 12.7 Å². The highest BCUT2D eigenvalue weighted by atomic mass is 35.7. The highest BCUT2D eigenvalue weighted by Gasteiger charge is 2.27. The normalized spacial score (nSPS) is 14.2. The van der Waals surface area contributed by atoms with E-state index in [4.69, 9.17) is 15.4 Å². The number of halogens is 2. The van der Waals surface area contributed by atoms with E-state index < -0.39 is 15.0 Å². The zero-order valence-corrected chi connectivity index (χ0v) is 14.8. The van der Waals surface area contributed by atoms with Crippen LogP contribution in [-0.4, -0.2) is 20.4 Å². The fraction of sp³-hybridized carbons (Fsp3) is 0.235. The van der Waals surface area contributed by atoms with Gasteiger partial charge in [0.05, 0.1) is 6.10 Å². The van der Waals surface area contributed by atoms with Gasteiger partial charge in [-0.25, -0.2) is 12.8 Å². The Labute approximate surface area is 149 Å². The molecule has 0 heterocycles. The van der Waals surface area contributed by atoms with Gasteiger partial charge < -0.3 is 10.1 Å². The molecule has 1 saturated carbocycles. The molecule has 1 N–H and O–H groups in total. The Hall–Kier alpha value is -2.12. The third-order valence-corrected chi connectivity index (χ3v) is 5.05. The summed E-state index contributed by atoms with van der Waals surface area (Å²) in [5, 5.41) is 2.59. The maximum absolute atomic E-state index is 13.3. The number of hydrogen-bond donors (Lipinski definition) is 1. The topological polar surface area (TPSA) is 72.5 Å². The predicted molar refractivity (Wildman–Crippen MR) is 92.2 cm³/mol. The summed E-state index contributed by atoms with van der Waals surface area (Å²) in [7, 11) is 1.39. The van der Waals surface area contributed by atoms with E-state index in [0.29, 0.717) is 11.3 Å². The molecule has 0 aliphatic heterocycles. The third kappa shape index (κ3) is 4.29. The largest absolute Gasteiger partial charge is 0.489 e. The number of carbonyl (C=O) groups excluding carboxylic acids is 1. The van der Waals surface area contributed by atoms with Crippen molar-refractivity contribution in [1.82, 2.24) is 0 Å². The molecule has 0 atom stereocenters. The van der Waals surface area contributed by atoms with E-state index in [9.17, 15) is 17.6 Å². The Bertz CT molecular complexity index is 942. The minimum atomic E-state index is -4.07. The SMILES string of the molecule is Cc1cc(NC(=O)c2ccc(OC3CC3)c(S(=O)(=O)Cl)c2)ccc1F. The van der Waals surface area contributed by atoms with Gasteiger partial charge in [-0.3, -0.25) is 4.79 Å². The summed E-state index contributed by atoms with van der Waals surface area (Å²) < 4.78 is 42.4. The number of hydrogen-bond acceptors (Lipinski definition) is 4. The average Bonchev–Trinajstić information content (AvgIpc) is 3.34. The van der Waals surface area contributed by atoms with Crippen molar-refractivity contribution in [3.8, 4) is 5.75 Å². The minimum absolute atomic E-state index is 0.0148. The molecule has 0 bridgehead atoms. The summed E-state index contributed by atoms with van der Waals surface area (Å²) in [5.74, 6) is -0.785. The van der Waals surface area contributed by atoms with Crippen molar-refractivity contribution in [2.75, 3.05) is 5.32 Å². The number of rotatable bonds is 5. The van der Waals surface area contributed by atoms with E-state index in [1.54, 1.807) is 6.92 Å². The van der Waals surface area contributed by atoms with E-state index in [-0.39, 0.29) is 28.1 Å². The molecule has 0 aromatic heterocycles. The van der Waals surface area contributed by atoms with Crippen LogP contribution in [0.3, 0.4) is 0 Å². The number of nitrogens with one attached hydrogen (secondary N) is 1. The first kappa shape index (κ1) is 17.7. The van der Waals surface area contributed by atoms with Crippen molar-refractivity contribution < 1.29 is 22.3 Å². The van der Waals surface area contributed by atoms with Crippen molar-refractivity contribution in [2.45, 2.75) is 30.8 Å². The maximum atomic E-state index is 13.3. The number of anilines is 1. The summed E-state index contributed by atoms with van der Waals surface area (Å²) >= 11 is 0. The van der Waals surface area contributed by atoms with Gasteiger partial charge >= 0.3 is 0 Å². The molecule has 132 valence electrons. The van der Waals surface area contributed by atoms with Crippen LogP contribution in [0.4, 0.5) is 10.1 Å². The molecule has 1 aliphatic carbocycles. The molecule has 1 amide bonds. The van der Waals surface area contributed by atoms with Crippen molar-refractivity contribution in [1.29, 1.82) is 0 Å². The van der Waals surface area contributed by atoms with Gasteiger partial charge in [0.15, 0.2) is 0 Å². The van der Waals surface area contributed by atoms with Crippen LogP contribution >= 0.6 is 10.7 Å². The summed E-state index contributed by atoms with van der Waals surface area (Å²) in [5.41, 5.74) is 0.886. The monoisotopic (exact) mass is 383 g/mol. The highest BCUT2D eigenvalue weighted by Crippen LogP contribution is 2.33. The van der Waals surface area contributed by atoms with E-state index in [1.807, 2.05) is 0 Å². The molecule has 3 rings (SSSR count). The van der Waals surface area contributed by atoms with Crippen LogP contribution in [0.5, 0.6) is 5.75 Å². The number of carbonyl (C=O) groups is 1. The molecular weight excluding hydrogens is 369 g/mol. The van der Waals surface area contributed by atoms with E-state index in [1.165, 1.54) is 36.4 Å². The van der Waals surface area contributed by atoms with Gasteiger partial charge in [-0.05, 0) is 61.7 Å². The molecule has 8 heteroatoms. The summed E-state index contributed by atoms with van der Waals surface area (Å²) in [6, 6.07) is 8.19. The van der Waals surface area contributed by atoms with Crippen LogP contribution < -0.4 is 10.1 Å². The van der Waals surface area contributed by atoms with Crippen LogP contribution in [0.1, 0.15) is 28.8 Å². The molecule has 5 nitrogen and oxygen atoms in total. The first-order valence-corrected chi connectivity index (χ1v) is 9.88. The van der Waals surface area contributed by atoms with E-state index in [2.05, 4.69) is 5.32 Å². The molecular formula is C17H15ClFNO4S. The fourth-order valence-electron chi connectivity index (χ4n) is 2.23. The minimum Gasteiger partial charge on any atom is -0.489 e. The average molecular weight is 384 g/mol. The second kappa shape index (κ2) is 6.65. The fourth-order valence-corrected chi connectivity index (χ4v) is 3.21. The Balaban J connectivity index is 1.88. The van der Waals surface area contributed by atoms with Gasteiger partial charge in [0.25, 0.3) is 15.0 Å².